The molecule has 0 radical (unpaired) electrons. The third-order valence-corrected chi connectivity index (χ3v) is 3.93. The van der Waals surface area contributed by atoms with Gasteiger partial charge in [-0.3, -0.25) is 14.3 Å². The van der Waals surface area contributed by atoms with Crippen LogP contribution in [0.25, 0.3) is 0 Å². The number of thioether (sulfide) groups is 1. The minimum Gasteiger partial charge on any atom is -0.397 e. The summed E-state index contributed by atoms with van der Waals surface area (Å²) in [5.74, 6) is 0.206. The molecular weight excluding hydrogens is 298 g/mol. The van der Waals surface area contributed by atoms with Crippen LogP contribution in [0.5, 0.6) is 0 Å². The maximum Gasteiger partial charge on any atom is 0.277 e. The van der Waals surface area contributed by atoms with Gasteiger partial charge in [0, 0.05) is 24.6 Å². The zero-order valence-corrected chi connectivity index (χ0v) is 12.6. The summed E-state index contributed by atoms with van der Waals surface area (Å²) in [5.41, 5.74) is 7.14. The third-order valence-electron chi connectivity index (χ3n) is 3.02. The largest absolute Gasteiger partial charge is 0.397 e. The summed E-state index contributed by atoms with van der Waals surface area (Å²) < 4.78 is 1.25. The summed E-state index contributed by atoms with van der Waals surface area (Å²) in [4.78, 5) is 24.4. The third kappa shape index (κ3) is 2.48. The lowest BCUT2D eigenvalue weighted by molar-refractivity contribution is 0.103. The zero-order chi connectivity index (χ0) is 14.9. The minimum atomic E-state index is -0.362. The van der Waals surface area contributed by atoms with E-state index < -0.39 is 0 Å². The topological polar surface area (TPSA) is 80.9 Å². The van der Waals surface area contributed by atoms with Gasteiger partial charge in [-0.25, -0.2) is 0 Å². The number of aromatic nitrogens is 2. The van der Waals surface area contributed by atoms with Gasteiger partial charge in [0.15, 0.2) is 0 Å². The van der Waals surface area contributed by atoms with E-state index in [1.54, 1.807) is 19.2 Å². The van der Waals surface area contributed by atoms with E-state index in [0.717, 1.165) is 0 Å². The molecular formula is C13H14ClN3O2S. The quantitative estimate of drug-likeness (QED) is 0.669. The van der Waals surface area contributed by atoms with Crippen molar-refractivity contribution >= 4 is 34.8 Å². The van der Waals surface area contributed by atoms with Crippen LogP contribution in [-0.4, -0.2) is 21.8 Å². The number of benzene rings is 1. The Morgan fingerprint density at radius 3 is 2.70 bits per heavy atom. The van der Waals surface area contributed by atoms with Crippen LogP contribution in [0.15, 0.2) is 23.1 Å². The second kappa shape index (κ2) is 5.76. The van der Waals surface area contributed by atoms with Gasteiger partial charge < -0.3 is 10.8 Å². The maximum absolute atomic E-state index is 12.5. The molecule has 5 nitrogen and oxygen atoms in total. The molecule has 106 valence electrons. The van der Waals surface area contributed by atoms with Crippen LogP contribution in [0.1, 0.15) is 21.5 Å². The monoisotopic (exact) mass is 311 g/mol. The van der Waals surface area contributed by atoms with E-state index in [9.17, 15) is 9.59 Å². The van der Waals surface area contributed by atoms with Crippen LogP contribution < -0.4 is 11.3 Å². The number of nitrogens with one attached hydrogen (secondary N) is 1. The fourth-order valence-electron chi connectivity index (χ4n) is 1.92. The number of anilines is 1. The highest BCUT2D eigenvalue weighted by Crippen LogP contribution is 2.29. The minimum absolute atomic E-state index is 0.0941. The Morgan fingerprint density at radius 1 is 1.45 bits per heavy atom. The number of nitrogens with zero attached hydrogens (tertiary/aromatic N) is 1. The number of carbonyl (C=O) groups excluding carboxylic acids is 1. The molecule has 0 aliphatic rings. The van der Waals surface area contributed by atoms with Gasteiger partial charge in [0.1, 0.15) is 5.56 Å². The van der Waals surface area contributed by atoms with E-state index in [4.69, 9.17) is 17.3 Å². The number of carbonyl (C=O) groups is 1. The Bertz CT molecular complexity index is 721. The molecule has 2 rings (SSSR count). The normalized spacial score (nSPS) is 10.8. The molecule has 7 heteroatoms. The number of rotatable bonds is 4. The molecule has 20 heavy (non-hydrogen) atoms. The Kier molecular flexibility index (Phi) is 4.25. The summed E-state index contributed by atoms with van der Waals surface area (Å²) in [6, 6.07) is 3.18. The van der Waals surface area contributed by atoms with Crippen molar-refractivity contribution in [2.24, 2.45) is 7.05 Å². The molecule has 0 aliphatic heterocycles. The number of hydrogen-bond acceptors (Lipinski definition) is 4. The van der Waals surface area contributed by atoms with Crippen molar-refractivity contribution in [3.05, 3.63) is 50.4 Å². The summed E-state index contributed by atoms with van der Waals surface area (Å²) in [7, 11) is 1.55. The van der Waals surface area contributed by atoms with Gasteiger partial charge >= 0.3 is 0 Å². The second-order valence-corrected chi connectivity index (χ2v) is 5.57. The van der Waals surface area contributed by atoms with Gasteiger partial charge in [-0.05, 0) is 24.0 Å². The predicted molar refractivity (Wildman–Crippen MR) is 82.5 cm³/mol. The van der Waals surface area contributed by atoms with Crippen molar-refractivity contribution in [3.8, 4) is 0 Å². The molecule has 2 aromatic rings. The molecule has 0 saturated carbocycles. The first-order valence-electron chi connectivity index (χ1n) is 5.82. The molecule has 0 unspecified atom stereocenters. The van der Waals surface area contributed by atoms with Crippen LogP contribution in [0, 0.1) is 0 Å². The van der Waals surface area contributed by atoms with Gasteiger partial charge in [-0.1, -0.05) is 11.6 Å². The van der Waals surface area contributed by atoms with Gasteiger partial charge in [0.2, 0.25) is 5.78 Å². The molecule has 0 atom stereocenters. The molecule has 1 heterocycles. The van der Waals surface area contributed by atoms with Crippen molar-refractivity contribution in [3.63, 3.8) is 0 Å². The van der Waals surface area contributed by atoms with E-state index in [1.807, 2.05) is 6.26 Å². The Labute approximate surface area is 125 Å². The van der Waals surface area contributed by atoms with Crippen LogP contribution in [-0.2, 0) is 12.8 Å². The fraction of sp³-hybridized carbons (Fsp3) is 0.231. The summed E-state index contributed by atoms with van der Waals surface area (Å²) in [5, 5.41) is 3.10. The highest BCUT2D eigenvalue weighted by atomic mass is 35.5. The molecule has 3 N–H and O–H groups in total. The molecule has 0 fully saturated rings. The van der Waals surface area contributed by atoms with Crippen LogP contribution >= 0.6 is 23.4 Å². The van der Waals surface area contributed by atoms with Gasteiger partial charge in [-0.15, -0.1) is 0 Å². The lowest BCUT2D eigenvalue weighted by atomic mass is 9.99. The average molecular weight is 312 g/mol. The van der Waals surface area contributed by atoms with Crippen molar-refractivity contribution in [2.75, 3.05) is 12.0 Å². The van der Waals surface area contributed by atoms with E-state index in [0.29, 0.717) is 27.6 Å². The summed E-state index contributed by atoms with van der Waals surface area (Å²) >= 11 is 7.52. The van der Waals surface area contributed by atoms with E-state index in [2.05, 4.69) is 5.10 Å². The van der Waals surface area contributed by atoms with Crippen molar-refractivity contribution < 1.29 is 4.79 Å². The molecule has 1 aromatic heterocycles. The SMILES string of the molecule is CSCc1c(C(=O)c2c[nH]n(C)c2=O)ccc(Cl)c1N. The second-order valence-electron chi connectivity index (χ2n) is 4.30. The van der Waals surface area contributed by atoms with Crippen LogP contribution in [0.4, 0.5) is 5.69 Å². The summed E-state index contributed by atoms with van der Waals surface area (Å²) in [6.45, 7) is 0. The Morgan fingerprint density at radius 2 is 2.15 bits per heavy atom. The molecule has 0 saturated heterocycles. The fourth-order valence-corrected chi connectivity index (χ4v) is 2.70. The van der Waals surface area contributed by atoms with Gasteiger partial charge in [0.25, 0.3) is 5.56 Å². The number of hydrogen-bond donors (Lipinski definition) is 2. The number of aryl methyl sites for hydroxylation is 1. The number of halogens is 1. The number of aromatic amines is 1. The maximum atomic E-state index is 12.5. The Balaban J connectivity index is 2.58. The zero-order valence-electron chi connectivity index (χ0n) is 11.1. The average Bonchev–Trinajstić information content (AvgIpc) is 2.75. The van der Waals surface area contributed by atoms with Crippen molar-refractivity contribution in [1.29, 1.82) is 0 Å². The first kappa shape index (κ1) is 14.7. The number of nitrogen functional groups attached to an aromatic ring is 1. The Hall–Kier alpha value is -1.66. The molecule has 0 bridgehead atoms. The van der Waals surface area contributed by atoms with Crippen molar-refractivity contribution in [2.45, 2.75) is 5.75 Å². The first-order valence-corrected chi connectivity index (χ1v) is 7.59. The number of ketones is 1. The van der Waals surface area contributed by atoms with E-state index >= 15 is 0 Å². The van der Waals surface area contributed by atoms with Crippen LogP contribution in [0.3, 0.4) is 0 Å². The first-order chi connectivity index (χ1) is 9.47. The molecule has 0 aliphatic carbocycles. The highest BCUT2D eigenvalue weighted by Gasteiger charge is 2.20. The van der Waals surface area contributed by atoms with E-state index in [-0.39, 0.29) is 16.9 Å². The molecule has 0 amide bonds. The molecule has 0 spiro atoms. The summed E-state index contributed by atoms with van der Waals surface area (Å²) in [6.07, 6.45) is 3.31. The van der Waals surface area contributed by atoms with Crippen LogP contribution in [0.2, 0.25) is 5.02 Å². The molecule has 1 aromatic carbocycles. The number of nitrogens with two attached hydrogens (primary N) is 1. The van der Waals surface area contributed by atoms with E-state index in [1.165, 1.54) is 22.6 Å². The van der Waals surface area contributed by atoms with Gasteiger partial charge in [-0.2, -0.15) is 11.8 Å². The lowest BCUT2D eigenvalue weighted by Gasteiger charge is -2.11. The lowest BCUT2D eigenvalue weighted by Crippen LogP contribution is -2.20. The van der Waals surface area contributed by atoms with Crippen molar-refractivity contribution in [1.82, 2.24) is 9.78 Å². The standard InChI is InChI=1S/C13H14ClN3O2S/c1-17-13(19)8(5-16-17)12(18)7-3-4-10(14)11(15)9(7)6-20-2/h3-5,16H,6,15H2,1-2H3. The smallest absolute Gasteiger partial charge is 0.277 e. The number of H-pyrrole nitrogens is 1. The van der Waals surface area contributed by atoms with Gasteiger partial charge in [0.05, 0.1) is 10.7 Å². The predicted octanol–water partition coefficient (Wildman–Crippen LogP) is 2.04. The highest BCUT2D eigenvalue weighted by molar-refractivity contribution is 7.97.